The van der Waals surface area contributed by atoms with Crippen LogP contribution in [0.2, 0.25) is 0 Å². The summed E-state index contributed by atoms with van der Waals surface area (Å²) in [6.07, 6.45) is 0. The Morgan fingerprint density at radius 2 is 1.14 bits per heavy atom. The van der Waals surface area contributed by atoms with Crippen LogP contribution in [-0.2, 0) is 0 Å². The van der Waals surface area contributed by atoms with E-state index in [-0.39, 0.29) is 10.8 Å². The van der Waals surface area contributed by atoms with Crippen LogP contribution in [0.5, 0.6) is 0 Å². The number of halogens is 2. The Labute approximate surface area is 97.1 Å². The maximum atomic E-state index is 5.96. The van der Waals surface area contributed by atoms with Crippen LogP contribution in [0.3, 0.4) is 0 Å². The molecule has 0 N–H and O–H groups in total. The lowest BCUT2D eigenvalue weighted by atomic mass is 10.3. The molecule has 84 valence electrons. The number of nitrogens with zero attached hydrogens (tertiary/aromatic N) is 2. The second-order valence-electron chi connectivity index (χ2n) is 4.16. The van der Waals surface area contributed by atoms with Crippen molar-refractivity contribution in [1.82, 2.24) is 9.80 Å². The molecule has 0 unspecified atom stereocenters. The molecular formula is C10H20Cl2N2. The summed E-state index contributed by atoms with van der Waals surface area (Å²) in [5.74, 6) is 0. The zero-order chi connectivity index (χ0) is 10.6. The van der Waals surface area contributed by atoms with E-state index >= 15 is 0 Å². The zero-order valence-corrected chi connectivity index (χ0v) is 10.6. The molecular weight excluding hydrogens is 219 g/mol. The summed E-state index contributed by atoms with van der Waals surface area (Å²) in [5, 5.41) is 0.516. The Morgan fingerprint density at radius 1 is 0.857 bits per heavy atom. The van der Waals surface area contributed by atoms with Crippen molar-refractivity contribution in [3.05, 3.63) is 0 Å². The Hall–Kier alpha value is 0.500. The van der Waals surface area contributed by atoms with Crippen LogP contribution in [0.15, 0.2) is 0 Å². The molecule has 0 saturated carbocycles. The summed E-state index contributed by atoms with van der Waals surface area (Å²) < 4.78 is 0. The van der Waals surface area contributed by atoms with Crippen molar-refractivity contribution in [3.8, 4) is 0 Å². The third-order valence-corrected chi connectivity index (χ3v) is 2.76. The Bertz CT molecular complexity index is 136. The van der Waals surface area contributed by atoms with Crippen LogP contribution in [0, 0.1) is 0 Å². The molecule has 1 heterocycles. The molecule has 1 saturated heterocycles. The highest BCUT2D eigenvalue weighted by Crippen LogP contribution is 2.07. The Kier molecular flexibility index (Phi) is 5.53. The first-order chi connectivity index (χ1) is 6.58. The number of hydrogen-bond acceptors (Lipinski definition) is 2. The SMILES string of the molecule is C[C@H](Cl)CN1CCN(C[C@@H](C)Cl)CC1. The van der Waals surface area contributed by atoms with Crippen molar-refractivity contribution in [1.29, 1.82) is 0 Å². The van der Waals surface area contributed by atoms with Gasteiger partial charge in [0.2, 0.25) is 0 Å². The van der Waals surface area contributed by atoms with Crippen molar-refractivity contribution in [2.45, 2.75) is 24.6 Å². The smallest absolute Gasteiger partial charge is 0.0435 e. The van der Waals surface area contributed by atoms with Gasteiger partial charge in [-0.25, -0.2) is 0 Å². The van der Waals surface area contributed by atoms with Gasteiger partial charge in [0, 0.05) is 50.0 Å². The maximum Gasteiger partial charge on any atom is 0.0435 e. The van der Waals surface area contributed by atoms with E-state index in [2.05, 4.69) is 23.6 Å². The molecule has 1 fully saturated rings. The molecule has 14 heavy (non-hydrogen) atoms. The lowest BCUT2D eigenvalue weighted by Crippen LogP contribution is -2.48. The molecule has 2 nitrogen and oxygen atoms in total. The highest BCUT2D eigenvalue weighted by atomic mass is 35.5. The van der Waals surface area contributed by atoms with Crippen LogP contribution in [0.25, 0.3) is 0 Å². The molecule has 0 spiro atoms. The van der Waals surface area contributed by atoms with E-state index in [0.29, 0.717) is 0 Å². The van der Waals surface area contributed by atoms with Crippen LogP contribution < -0.4 is 0 Å². The van der Waals surface area contributed by atoms with Crippen molar-refractivity contribution < 1.29 is 0 Å². The van der Waals surface area contributed by atoms with Gasteiger partial charge >= 0.3 is 0 Å². The second-order valence-corrected chi connectivity index (χ2v) is 5.65. The van der Waals surface area contributed by atoms with Crippen molar-refractivity contribution >= 4 is 23.2 Å². The molecule has 1 aliphatic rings. The fraction of sp³-hybridized carbons (Fsp3) is 1.00. The van der Waals surface area contributed by atoms with Gasteiger partial charge in [-0.1, -0.05) is 0 Å². The summed E-state index contributed by atoms with van der Waals surface area (Å²) in [4.78, 5) is 4.85. The Morgan fingerprint density at radius 3 is 1.36 bits per heavy atom. The maximum absolute atomic E-state index is 5.96. The summed E-state index contributed by atoms with van der Waals surface area (Å²) >= 11 is 11.9. The van der Waals surface area contributed by atoms with E-state index in [1.54, 1.807) is 0 Å². The highest BCUT2D eigenvalue weighted by molar-refractivity contribution is 6.20. The second kappa shape index (κ2) is 6.16. The minimum atomic E-state index is 0.258. The van der Waals surface area contributed by atoms with Crippen LogP contribution in [0.4, 0.5) is 0 Å². The third kappa shape index (κ3) is 4.83. The van der Waals surface area contributed by atoms with Gasteiger partial charge in [-0.2, -0.15) is 0 Å². The van der Waals surface area contributed by atoms with Gasteiger partial charge in [0.05, 0.1) is 0 Å². The molecule has 0 aliphatic carbocycles. The van der Waals surface area contributed by atoms with Crippen LogP contribution in [0.1, 0.15) is 13.8 Å². The van der Waals surface area contributed by atoms with E-state index in [1.165, 1.54) is 0 Å². The monoisotopic (exact) mass is 238 g/mol. The summed E-state index contributed by atoms with van der Waals surface area (Å²) in [7, 11) is 0. The molecule has 0 bridgehead atoms. The van der Waals surface area contributed by atoms with Crippen molar-refractivity contribution in [2.75, 3.05) is 39.3 Å². The van der Waals surface area contributed by atoms with Crippen molar-refractivity contribution in [2.24, 2.45) is 0 Å². The summed E-state index contributed by atoms with van der Waals surface area (Å²) in [6, 6.07) is 0. The summed E-state index contributed by atoms with van der Waals surface area (Å²) in [5.41, 5.74) is 0. The van der Waals surface area contributed by atoms with E-state index in [0.717, 1.165) is 39.3 Å². The molecule has 1 aliphatic heterocycles. The lowest BCUT2D eigenvalue weighted by molar-refractivity contribution is 0.134. The molecule has 1 rings (SSSR count). The molecule has 0 aromatic heterocycles. The molecule has 2 atom stereocenters. The minimum Gasteiger partial charge on any atom is -0.299 e. The molecule has 0 amide bonds. The van der Waals surface area contributed by atoms with E-state index < -0.39 is 0 Å². The van der Waals surface area contributed by atoms with Crippen molar-refractivity contribution in [3.63, 3.8) is 0 Å². The fourth-order valence-corrected chi connectivity index (χ4v) is 2.26. The average Bonchev–Trinajstić information content (AvgIpc) is 2.06. The largest absolute Gasteiger partial charge is 0.299 e. The predicted molar refractivity (Wildman–Crippen MR) is 63.5 cm³/mol. The number of rotatable bonds is 4. The molecule has 0 radical (unpaired) electrons. The Balaban J connectivity index is 2.17. The standard InChI is InChI=1S/C10H20Cl2N2/c1-9(11)7-13-3-5-14(6-4-13)8-10(2)12/h9-10H,3-8H2,1-2H3/t9-,10+. The topological polar surface area (TPSA) is 6.48 Å². The number of hydrogen-bond donors (Lipinski definition) is 0. The average molecular weight is 239 g/mol. The van der Waals surface area contributed by atoms with Crippen LogP contribution >= 0.6 is 23.2 Å². The minimum absolute atomic E-state index is 0.258. The predicted octanol–water partition coefficient (Wildman–Crippen LogP) is 1.86. The van der Waals surface area contributed by atoms with E-state index in [1.807, 2.05) is 0 Å². The van der Waals surface area contributed by atoms with Crippen LogP contribution in [-0.4, -0.2) is 59.8 Å². The first-order valence-electron chi connectivity index (χ1n) is 5.30. The number of alkyl halides is 2. The van der Waals surface area contributed by atoms with Gasteiger partial charge in [0.15, 0.2) is 0 Å². The quantitative estimate of drug-likeness (QED) is 0.691. The van der Waals surface area contributed by atoms with Gasteiger partial charge in [-0.3, -0.25) is 9.80 Å². The van der Waals surface area contributed by atoms with Gasteiger partial charge in [0.1, 0.15) is 0 Å². The normalized spacial score (nSPS) is 24.9. The molecule has 0 aromatic carbocycles. The molecule has 4 heteroatoms. The van der Waals surface area contributed by atoms with Gasteiger partial charge in [-0.05, 0) is 13.8 Å². The van der Waals surface area contributed by atoms with E-state index in [9.17, 15) is 0 Å². The summed E-state index contributed by atoms with van der Waals surface area (Å²) in [6.45, 7) is 10.6. The van der Waals surface area contributed by atoms with Gasteiger partial charge in [0.25, 0.3) is 0 Å². The first-order valence-corrected chi connectivity index (χ1v) is 6.18. The van der Waals surface area contributed by atoms with Gasteiger partial charge < -0.3 is 0 Å². The van der Waals surface area contributed by atoms with Gasteiger partial charge in [-0.15, -0.1) is 23.2 Å². The van der Waals surface area contributed by atoms with E-state index in [4.69, 9.17) is 23.2 Å². The number of piperazine rings is 1. The lowest BCUT2D eigenvalue weighted by Gasteiger charge is -2.35. The molecule has 0 aromatic rings. The highest BCUT2D eigenvalue weighted by Gasteiger charge is 2.18. The first kappa shape index (κ1) is 12.6. The fourth-order valence-electron chi connectivity index (χ4n) is 1.87. The third-order valence-electron chi connectivity index (χ3n) is 2.48. The zero-order valence-electron chi connectivity index (χ0n) is 9.05.